The summed E-state index contributed by atoms with van der Waals surface area (Å²) in [6.07, 6.45) is 0.507. The Labute approximate surface area is 194 Å². The van der Waals surface area contributed by atoms with Crippen molar-refractivity contribution >= 4 is 40.2 Å². The van der Waals surface area contributed by atoms with Gasteiger partial charge in [0, 0.05) is 25.6 Å². The van der Waals surface area contributed by atoms with E-state index in [1.54, 1.807) is 16.7 Å². The molecule has 0 bridgehead atoms. The van der Waals surface area contributed by atoms with Gasteiger partial charge in [-0.3, -0.25) is 14.2 Å². The molecule has 1 aliphatic rings. The molecule has 2 heterocycles. The molecule has 174 valence electrons. The van der Waals surface area contributed by atoms with Gasteiger partial charge in [-0.25, -0.2) is 4.79 Å². The molecule has 1 N–H and O–H groups in total. The Morgan fingerprint density at radius 2 is 1.91 bits per heavy atom. The molecule has 0 radical (unpaired) electrons. The van der Waals surface area contributed by atoms with Crippen molar-refractivity contribution in [3.63, 3.8) is 0 Å². The highest BCUT2D eigenvalue weighted by Crippen LogP contribution is 2.40. The summed E-state index contributed by atoms with van der Waals surface area (Å²) in [6.45, 7) is 0.721. The normalized spacial score (nSPS) is 15.8. The lowest BCUT2D eigenvalue weighted by atomic mass is 10.1. The molecule has 33 heavy (non-hydrogen) atoms. The first-order chi connectivity index (χ1) is 15.9. The van der Waals surface area contributed by atoms with Crippen molar-refractivity contribution in [2.24, 2.45) is 5.92 Å². The number of aromatic amines is 1. The third-order valence-corrected chi connectivity index (χ3v) is 5.95. The average Bonchev–Trinajstić information content (AvgIpc) is 3.35. The van der Waals surface area contributed by atoms with E-state index in [-0.39, 0.29) is 31.2 Å². The smallest absolute Gasteiger partial charge is 0.326 e. The van der Waals surface area contributed by atoms with Crippen LogP contribution in [-0.4, -0.2) is 48.8 Å². The fourth-order valence-corrected chi connectivity index (χ4v) is 4.23. The number of aromatic nitrogens is 2. The highest BCUT2D eigenvalue weighted by Gasteiger charge is 2.37. The molecule has 10 heteroatoms. The van der Waals surface area contributed by atoms with Crippen molar-refractivity contribution in [2.75, 3.05) is 32.3 Å². The van der Waals surface area contributed by atoms with Gasteiger partial charge in [-0.2, -0.15) is 0 Å². The minimum Gasteiger partial charge on any atom is -0.495 e. The molecule has 1 amide bonds. The molecule has 3 aromatic rings. The fourth-order valence-electron chi connectivity index (χ4n) is 4.00. The lowest BCUT2D eigenvalue weighted by Crippen LogP contribution is -2.27. The fraction of sp³-hybridized carbons (Fsp3) is 0.348. The largest absolute Gasteiger partial charge is 0.495 e. The van der Waals surface area contributed by atoms with Crippen molar-refractivity contribution < 1.29 is 23.8 Å². The van der Waals surface area contributed by atoms with Crippen LogP contribution in [0.25, 0.3) is 11.0 Å². The maximum atomic E-state index is 12.6. The SMILES string of the molecule is COc1cc(OC)c(N2C[C@H](C(=O)OCCCn3c(=O)[nH]c4ccccc43)CC2=O)cc1Cl. The van der Waals surface area contributed by atoms with Crippen LogP contribution in [0.4, 0.5) is 5.69 Å². The molecular formula is C23H24ClN3O6. The summed E-state index contributed by atoms with van der Waals surface area (Å²) in [5.74, 6) is -0.423. The molecule has 2 aromatic carbocycles. The van der Waals surface area contributed by atoms with Gasteiger partial charge in [0.05, 0.1) is 48.5 Å². The van der Waals surface area contributed by atoms with Gasteiger partial charge in [0.1, 0.15) is 11.5 Å². The number of ether oxygens (including phenoxy) is 3. The number of fused-ring (bicyclic) bond motifs is 1. The molecule has 1 atom stereocenters. The number of amides is 1. The molecular weight excluding hydrogens is 450 g/mol. The van der Waals surface area contributed by atoms with Crippen LogP contribution in [0.15, 0.2) is 41.2 Å². The number of hydrogen-bond acceptors (Lipinski definition) is 6. The highest BCUT2D eigenvalue weighted by atomic mass is 35.5. The molecule has 0 unspecified atom stereocenters. The van der Waals surface area contributed by atoms with Gasteiger partial charge in [-0.15, -0.1) is 0 Å². The van der Waals surface area contributed by atoms with Crippen molar-refractivity contribution in [1.29, 1.82) is 0 Å². The summed E-state index contributed by atoms with van der Waals surface area (Å²) in [5.41, 5.74) is 1.84. The summed E-state index contributed by atoms with van der Waals surface area (Å²) < 4.78 is 17.6. The number of benzene rings is 2. The van der Waals surface area contributed by atoms with Crippen LogP contribution in [0.1, 0.15) is 12.8 Å². The second-order valence-electron chi connectivity index (χ2n) is 7.68. The number of methoxy groups -OCH3 is 2. The quantitative estimate of drug-likeness (QED) is 0.398. The second-order valence-corrected chi connectivity index (χ2v) is 8.09. The molecule has 1 aliphatic heterocycles. The Kier molecular flexibility index (Phi) is 6.60. The predicted octanol–water partition coefficient (Wildman–Crippen LogP) is 2.99. The second kappa shape index (κ2) is 9.58. The predicted molar refractivity (Wildman–Crippen MR) is 123 cm³/mol. The number of nitrogens with zero attached hydrogens (tertiary/aromatic N) is 2. The maximum Gasteiger partial charge on any atom is 0.326 e. The zero-order valence-corrected chi connectivity index (χ0v) is 19.1. The van der Waals surface area contributed by atoms with E-state index >= 15 is 0 Å². The van der Waals surface area contributed by atoms with Gasteiger partial charge < -0.3 is 24.1 Å². The van der Waals surface area contributed by atoms with E-state index < -0.39 is 11.9 Å². The lowest BCUT2D eigenvalue weighted by molar-refractivity contribution is -0.148. The summed E-state index contributed by atoms with van der Waals surface area (Å²) in [6, 6.07) is 10.6. The van der Waals surface area contributed by atoms with Crippen LogP contribution in [0.2, 0.25) is 5.02 Å². The zero-order valence-electron chi connectivity index (χ0n) is 18.3. The standard InChI is InChI=1S/C23H24ClN3O6/c1-31-19-12-20(32-2)18(11-15(19)24)27-13-14(10-21(27)28)22(29)33-9-5-8-26-17-7-4-3-6-16(17)25-23(26)30/h3-4,6-7,11-12,14H,5,8-10,13H2,1-2H3,(H,25,30)/t14-/m1/s1. The average molecular weight is 474 g/mol. The number of aryl methyl sites for hydroxylation is 1. The number of carbonyl (C=O) groups excluding carboxylic acids is 2. The number of imidazole rings is 1. The summed E-state index contributed by atoms with van der Waals surface area (Å²) in [4.78, 5) is 41.6. The van der Waals surface area contributed by atoms with Crippen LogP contribution in [-0.2, 0) is 20.9 Å². The van der Waals surface area contributed by atoms with E-state index in [1.807, 2.05) is 24.3 Å². The number of rotatable bonds is 8. The molecule has 0 spiro atoms. The summed E-state index contributed by atoms with van der Waals surface area (Å²) in [5, 5.41) is 0.333. The molecule has 4 rings (SSSR count). The number of anilines is 1. The topological polar surface area (TPSA) is 103 Å². The van der Waals surface area contributed by atoms with Crippen LogP contribution < -0.4 is 20.1 Å². The number of halogens is 1. The third-order valence-electron chi connectivity index (χ3n) is 5.65. The van der Waals surface area contributed by atoms with Gasteiger partial charge in [0.15, 0.2) is 0 Å². The first kappa shape index (κ1) is 22.7. The van der Waals surface area contributed by atoms with E-state index in [0.29, 0.717) is 35.2 Å². The first-order valence-electron chi connectivity index (χ1n) is 10.5. The Morgan fingerprint density at radius 1 is 1.15 bits per heavy atom. The van der Waals surface area contributed by atoms with Gasteiger partial charge in [0.25, 0.3) is 0 Å². The van der Waals surface area contributed by atoms with Crippen LogP contribution in [0, 0.1) is 5.92 Å². The lowest BCUT2D eigenvalue weighted by Gasteiger charge is -2.20. The molecule has 1 aromatic heterocycles. The third kappa shape index (κ3) is 4.54. The Morgan fingerprint density at radius 3 is 2.67 bits per heavy atom. The number of hydrogen-bond donors (Lipinski definition) is 1. The van der Waals surface area contributed by atoms with Gasteiger partial charge in [-0.05, 0) is 24.6 Å². The number of nitrogens with one attached hydrogen (secondary N) is 1. The van der Waals surface area contributed by atoms with E-state index in [2.05, 4.69) is 4.98 Å². The highest BCUT2D eigenvalue weighted by molar-refractivity contribution is 6.32. The molecule has 9 nitrogen and oxygen atoms in total. The number of H-pyrrole nitrogens is 1. The zero-order chi connectivity index (χ0) is 23.5. The van der Waals surface area contributed by atoms with Crippen molar-refractivity contribution in [2.45, 2.75) is 19.4 Å². The summed E-state index contributed by atoms with van der Waals surface area (Å²) in [7, 11) is 2.97. The minimum absolute atomic E-state index is 0.0353. The van der Waals surface area contributed by atoms with Crippen molar-refractivity contribution in [3.8, 4) is 11.5 Å². The van der Waals surface area contributed by atoms with Gasteiger partial charge in [0.2, 0.25) is 5.91 Å². The maximum absolute atomic E-state index is 12.6. The van der Waals surface area contributed by atoms with E-state index in [9.17, 15) is 14.4 Å². The molecule has 1 saturated heterocycles. The van der Waals surface area contributed by atoms with Gasteiger partial charge >= 0.3 is 11.7 Å². The number of esters is 1. The summed E-state index contributed by atoms with van der Waals surface area (Å²) >= 11 is 6.22. The Bertz CT molecular complexity index is 1250. The Balaban J connectivity index is 1.35. The van der Waals surface area contributed by atoms with Crippen LogP contribution >= 0.6 is 11.6 Å². The minimum atomic E-state index is -0.598. The van der Waals surface area contributed by atoms with Crippen LogP contribution in [0.5, 0.6) is 11.5 Å². The molecule has 1 fully saturated rings. The van der Waals surface area contributed by atoms with E-state index in [0.717, 1.165) is 11.0 Å². The van der Waals surface area contributed by atoms with E-state index in [4.69, 9.17) is 25.8 Å². The first-order valence-corrected chi connectivity index (χ1v) is 10.9. The van der Waals surface area contributed by atoms with Crippen molar-refractivity contribution in [3.05, 3.63) is 51.9 Å². The molecule has 0 saturated carbocycles. The monoisotopic (exact) mass is 473 g/mol. The number of para-hydroxylation sites is 2. The van der Waals surface area contributed by atoms with Gasteiger partial charge in [-0.1, -0.05) is 23.7 Å². The van der Waals surface area contributed by atoms with Crippen molar-refractivity contribution in [1.82, 2.24) is 9.55 Å². The van der Waals surface area contributed by atoms with E-state index in [1.165, 1.54) is 19.1 Å². The number of carbonyl (C=O) groups is 2. The Hall–Kier alpha value is -3.46. The van der Waals surface area contributed by atoms with Crippen LogP contribution in [0.3, 0.4) is 0 Å². The molecule has 0 aliphatic carbocycles.